The number of amides is 1. The van der Waals surface area contributed by atoms with Crippen LogP contribution in [0.1, 0.15) is 11.3 Å². The molecule has 2 aromatic carbocycles. The zero-order valence-electron chi connectivity index (χ0n) is 17.8. The summed E-state index contributed by atoms with van der Waals surface area (Å²) >= 11 is 0. The predicted octanol–water partition coefficient (Wildman–Crippen LogP) is 4.14. The van der Waals surface area contributed by atoms with Crippen molar-refractivity contribution in [2.24, 2.45) is 0 Å². The normalized spacial score (nSPS) is 10.6. The minimum atomic E-state index is -0.329. The third kappa shape index (κ3) is 4.73. The summed E-state index contributed by atoms with van der Waals surface area (Å²) in [6, 6.07) is 20.3. The van der Waals surface area contributed by atoms with Crippen LogP contribution in [0.3, 0.4) is 0 Å². The van der Waals surface area contributed by atoms with Crippen LogP contribution in [-0.4, -0.2) is 27.9 Å². The summed E-state index contributed by atoms with van der Waals surface area (Å²) in [6.07, 6.45) is 3.22. The Bertz CT molecular complexity index is 1270. The van der Waals surface area contributed by atoms with Crippen molar-refractivity contribution in [3.63, 3.8) is 0 Å². The summed E-state index contributed by atoms with van der Waals surface area (Å²) in [7, 11) is 1.68. The molecule has 2 aromatic heterocycles. The van der Waals surface area contributed by atoms with Crippen LogP contribution in [0.5, 0.6) is 11.5 Å². The second kappa shape index (κ2) is 9.26. The lowest BCUT2D eigenvalue weighted by molar-refractivity contribution is -0.117. The highest BCUT2D eigenvalue weighted by molar-refractivity contribution is 5.94. The van der Waals surface area contributed by atoms with E-state index in [0.29, 0.717) is 34.1 Å². The average Bonchev–Trinajstić information content (AvgIpc) is 2.82. The van der Waals surface area contributed by atoms with Crippen molar-refractivity contribution in [2.45, 2.75) is 13.3 Å². The largest absolute Gasteiger partial charge is 0.457 e. The van der Waals surface area contributed by atoms with Crippen molar-refractivity contribution >= 4 is 11.6 Å². The fourth-order valence-electron chi connectivity index (χ4n) is 3.23. The third-order valence-corrected chi connectivity index (χ3v) is 5.06. The zero-order chi connectivity index (χ0) is 22.5. The zero-order valence-corrected chi connectivity index (χ0v) is 17.8. The van der Waals surface area contributed by atoms with E-state index in [0.717, 1.165) is 5.75 Å². The number of para-hydroxylation sites is 1. The second-order valence-corrected chi connectivity index (χ2v) is 7.26. The van der Waals surface area contributed by atoms with Crippen LogP contribution < -0.4 is 15.2 Å². The molecule has 1 amide bonds. The maximum atomic E-state index is 12.9. The number of likely N-dealkylation sites (N-methyl/N-ethyl adjacent to an activating group) is 1. The predicted molar refractivity (Wildman–Crippen MR) is 123 cm³/mol. The Balaban J connectivity index is 1.47. The van der Waals surface area contributed by atoms with E-state index in [2.05, 4.69) is 15.0 Å². The number of aryl methyl sites for hydroxylation is 1. The summed E-state index contributed by atoms with van der Waals surface area (Å²) in [4.78, 5) is 38.3. The minimum absolute atomic E-state index is 0.0553. The molecule has 32 heavy (non-hydrogen) atoms. The van der Waals surface area contributed by atoms with Gasteiger partial charge >= 0.3 is 0 Å². The van der Waals surface area contributed by atoms with Crippen LogP contribution in [0.2, 0.25) is 0 Å². The molecule has 7 heteroatoms. The van der Waals surface area contributed by atoms with Gasteiger partial charge in [-0.25, -0.2) is 4.98 Å². The molecular formula is C25H22N4O3. The molecule has 0 aliphatic heterocycles. The fourth-order valence-corrected chi connectivity index (χ4v) is 3.23. The van der Waals surface area contributed by atoms with Crippen LogP contribution >= 0.6 is 0 Å². The Morgan fingerprint density at radius 1 is 1.00 bits per heavy atom. The molecule has 0 radical (unpaired) electrons. The summed E-state index contributed by atoms with van der Waals surface area (Å²) < 4.78 is 5.79. The maximum Gasteiger partial charge on any atom is 0.255 e. The van der Waals surface area contributed by atoms with Crippen LogP contribution in [0.15, 0.2) is 83.9 Å². The number of rotatable bonds is 6. The van der Waals surface area contributed by atoms with E-state index in [-0.39, 0.29) is 17.9 Å². The van der Waals surface area contributed by atoms with E-state index in [4.69, 9.17) is 4.74 Å². The molecule has 0 atom stereocenters. The van der Waals surface area contributed by atoms with Gasteiger partial charge in [0.05, 0.1) is 6.42 Å². The van der Waals surface area contributed by atoms with Gasteiger partial charge in [-0.3, -0.25) is 14.6 Å². The fraction of sp³-hybridized carbons (Fsp3) is 0.120. The number of hydrogen-bond acceptors (Lipinski definition) is 5. The van der Waals surface area contributed by atoms with Crippen molar-refractivity contribution in [3.8, 4) is 22.9 Å². The first kappa shape index (κ1) is 21.0. The van der Waals surface area contributed by atoms with E-state index >= 15 is 0 Å². The smallest absolute Gasteiger partial charge is 0.255 e. The molecular weight excluding hydrogens is 404 g/mol. The molecule has 0 spiro atoms. The van der Waals surface area contributed by atoms with Gasteiger partial charge in [-0.05, 0) is 55.5 Å². The first-order chi connectivity index (χ1) is 15.5. The monoisotopic (exact) mass is 426 g/mol. The third-order valence-electron chi connectivity index (χ3n) is 5.06. The number of hydrogen-bond donors (Lipinski definition) is 1. The highest BCUT2D eigenvalue weighted by Crippen LogP contribution is 2.24. The van der Waals surface area contributed by atoms with E-state index in [1.54, 1.807) is 56.7 Å². The molecule has 1 N–H and O–H groups in total. The lowest BCUT2D eigenvalue weighted by atomic mass is 10.1. The molecule has 7 nitrogen and oxygen atoms in total. The molecule has 0 aliphatic rings. The summed E-state index contributed by atoms with van der Waals surface area (Å²) in [5, 5.41) is 0. The van der Waals surface area contributed by atoms with Gasteiger partial charge in [-0.1, -0.05) is 18.2 Å². The van der Waals surface area contributed by atoms with Crippen molar-refractivity contribution in [1.82, 2.24) is 15.0 Å². The second-order valence-electron chi connectivity index (χ2n) is 7.26. The molecule has 0 bridgehead atoms. The Morgan fingerprint density at radius 3 is 2.38 bits per heavy atom. The Morgan fingerprint density at radius 2 is 1.72 bits per heavy atom. The number of H-pyrrole nitrogens is 1. The van der Waals surface area contributed by atoms with E-state index in [1.165, 1.54) is 4.90 Å². The van der Waals surface area contributed by atoms with Crippen molar-refractivity contribution in [2.75, 3.05) is 11.9 Å². The number of ether oxygens (including phenoxy) is 1. The average molecular weight is 426 g/mol. The quantitative estimate of drug-likeness (QED) is 0.501. The van der Waals surface area contributed by atoms with Crippen LogP contribution in [0, 0.1) is 6.92 Å². The molecule has 2 heterocycles. The molecule has 160 valence electrons. The van der Waals surface area contributed by atoms with E-state index < -0.39 is 0 Å². The standard InChI is InChI=1S/C25H22N4O3/c1-17-22(25(31)28-24(27-17)18-7-6-14-26-16-18)15-23(30)29(2)19-10-12-21(13-11-19)32-20-8-4-3-5-9-20/h3-14,16H,15H2,1-2H3,(H,27,28,31). The number of pyridine rings is 1. The van der Waals surface area contributed by atoms with Gasteiger partial charge in [-0.15, -0.1) is 0 Å². The number of aromatic nitrogens is 3. The SMILES string of the molecule is Cc1nc(-c2cccnc2)[nH]c(=O)c1CC(=O)N(C)c1ccc(Oc2ccccc2)cc1. The van der Waals surface area contributed by atoms with Crippen LogP contribution in [0.4, 0.5) is 5.69 Å². The number of carbonyl (C=O) groups is 1. The van der Waals surface area contributed by atoms with Crippen molar-refractivity contribution < 1.29 is 9.53 Å². The summed E-state index contributed by atoms with van der Waals surface area (Å²) in [6.45, 7) is 1.73. The summed E-state index contributed by atoms with van der Waals surface area (Å²) in [5.74, 6) is 1.62. The Kier molecular flexibility index (Phi) is 6.07. The van der Waals surface area contributed by atoms with Gasteiger partial charge in [0.2, 0.25) is 5.91 Å². The van der Waals surface area contributed by atoms with E-state index in [1.807, 2.05) is 36.4 Å². The molecule has 0 aliphatic carbocycles. The van der Waals surface area contributed by atoms with Crippen molar-refractivity contribution in [1.29, 1.82) is 0 Å². The van der Waals surface area contributed by atoms with Crippen molar-refractivity contribution in [3.05, 3.63) is 101 Å². The molecule has 0 saturated heterocycles. The van der Waals surface area contributed by atoms with Gasteiger partial charge in [0.1, 0.15) is 17.3 Å². The highest BCUT2D eigenvalue weighted by atomic mass is 16.5. The van der Waals surface area contributed by atoms with E-state index in [9.17, 15) is 9.59 Å². The molecule has 0 saturated carbocycles. The van der Waals surface area contributed by atoms with Crippen LogP contribution in [-0.2, 0) is 11.2 Å². The van der Waals surface area contributed by atoms with Gasteiger partial charge in [0.15, 0.2) is 0 Å². The van der Waals surface area contributed by atoms with Gasteiger partial charge in [0, 0.05) is 41.9 Å². The Hall–Kier alpha value is -4.26. The maximum absolute atomic E-state index is 12.9. The minimum Gasteiger partial charge on any atom is -0.457 e. The topological polar surface area (TPSA) is 88.2 Å². The number of anilines is 1. The Labute approximate surface area is 185 Å². The number of nitrogens with one attached hydrogen (secondary N) is 1. The molecule has 4 rings (SSSR count). The van der Waals surface area contributed by atoms with Gasteiger partial charge in [0.25, 0.3) is 5.56 Å². The molecule has 0 fully saturated rings. The van der Waals surface area contributed by atoms with Gasteiger partial charge in [-0.2, -0.15) is 0 Å². The lowest BCUT2D eigenvalue weighted by Gasteiger charge is -2.18. The summed E-state index contributed by atoms with van der Waals surface area (Å²) in [5.41, 5.74) is 1.94. The first-order valence-electron chi connectivity index (χ1n) is 10.1. The first-order valence-corrected chi connectivity index (χ1v) is 10.1. The number of carbonyl (C=O) groups excluding carboxylic acids is 1. The highest BCUT2D eigenvalue weighted by Gasteiger charge is 2.17. The van der Waals surface area contributed by atoms with Gasteiger partial charge < -0.3 is 14.6 Å². The number of aromatic amines is 1. The number of benzene rings is 2. The molecule has 4 aromatic rings. The number of nitrogens with zero attached hydrogens (tertiary/aromatic N) is 3. The lowest BCUT2D eigenvalue weighted by Crippen LogP contribution is -2.31. The van der Waals surface area contributed by atoms with Crippen LogP contribution in [0.25, 0.3) is 11.4 Å². The molecule has 0 unspecified atom stereocenters.